The van der Waals surface area contributed by atoms with Crippen molar-refractivity contribution in [3.63, 3.8) is 0 Å². The molecule has 1 amide bonds. The fourth-order valence-corrected chi connectivity index (χ4v) is 7.04. The Hall–Kier alpha value is -3.93. The summed E-state index contributed by atoms with van der Waals surface area (Å²) in [7, 11) is -0.525. The maximum Gasteiger partial charge on any atom is 0.264 e. The first kappa shape index (κ1) is 31.0. The molecule has 0 atom stereocenters. The van der Waals surface area contributed by atoms with E-state index in [0.29, 0.717) is 29.9 Å². The van der Waals surface area contributed by atoms with E-state index in [-0.39, 0.29) is 22.6 Å². The summed E-state index contributed by atoms with van der Waals surface area (Å²) in [4.78, 5) is 15.1. The van der Waals surface area contributed by atoms with Gasteiger partial charge in [-0.25, -0.2) is 4.52 Å². The second kappa shape index (κ2) is 11.4. The van der Waals surface area contributed by atoms with Gasteiger partial charge in [0.1, 0.15) is 34.5 Å². The van der Waals surface area contributed by atoms with Crippen LogP contribution < -0.4 is 4.74 Å². The molecule has 3 aromatic rings. The summed E-state index contributed by atoms with van der Waals surface area (Å²) in [5.74, 6) is 0.317. The fourth-order valence-electron chi connectivity index (χ4n) is 5.36. The zero-order valence-corrected chi connectivity index (χ0v) is 27.1. The van der Waals surface area contributed by atoms with Crippen LogP contribution in [0.15, 0.2) is 36.3 Å². The Labute approximate surface area is 249 Å². The summed E-state index contributed by atoms with van der Waals surface area (Å²) in [5.41, 5.74) is 3.30. The number of rotatable bonds is 7. The number of nitrogens with zero attached hydrogens (tertiary/aromatic N) is 7. The van der Waals surface area contributed by atoms with Crippen molar-refractivity contribution < 1.29 is 14.0 Å². The van der Waals surface area contributed by atoms with Crippen molar-refractivity contribution >= 4 is 19.7 Å². The highest BCUT2D eigenvalue weighted by Crippen LogP contribution is 2.40. The first-order valence-corrected chi connectivity index (χ1v) is 17.2. The third kappa shape index (κ3) is 5.99. The molecule has 0 radical (unpaired) electrons. The highest BCUT2D eigenvalue weighted by Gasteiger charge is 2.41. The molecule has 0 bridgehead atoms. The topological polar surface area (TPSA) is 121 Å². The molecule has 222 valence electrons. The maximum atomic E-state index is 13.4. The van der Waals surface area contributed by atoms with Crippen molar-refractivity contribution in [3.8, 4) is 29.0 Å². The van der Waals surface area contributed by atoms with Crippen molar-refractivity contribution in [2.45, 2.75) is 84.2 Å². The summed E-state index contributed by atoms with van der Waals surface area (Å²) in [6.45, 7) is 17.8. The smallest absolute Gasteiger partial charge is 0.264 e. The molecule has 0 spiro atoms. The van der Waals surface area contributed by atoms with E-state index in [2.05, 4.69) is 51.1 Å². The summed E-state index contributed by atoms with van der Waals surface area (Å²) in [5, 5.41) is 28.4. The molecule has 1 aliphatic heterocycles. The molecule has 0 unspecified atom stereocenters. The van der Waals surface area contributed by atoms with Crippen LogP contribution in [0.25, 0.3) is 16.6 Å². The lowest BCUT2D eigenvalue weighted by Crippen LogP contribution is -2.47. The lowest BCUT2D eigenvalue weighted by atomic mass is 10.0. The number of likely N-dealkylation sites (tertiary alicyclic amines) is 1. The molecule has 10 nitrogen and oxygen atoms in total. The predicted octanol–water partition coefficient (Wildman–Crippen LogP) is 5.80. The predicted molar refractivity (Wildman–Crippen MR) is 163 cm³/mol. The minimum absolute atomic E-state index is 0.0141. The highest BCUT2D eigenvalue weighted by atomic mass is 28.4. The second-order valence-electron chi connectivity index (χ2n) is 13.0. The fraction of sp³-hybridized carbons (Fsp3) is 0.516. The van der Waals surface area contributed by atoms with Gasteiger partial charge in [0.25, 0.3) is 5.91 Å². The average molecular weight is 588 g/mol. The second-order valence-corrected chi connectivity index (χ2v) is 17.7. The lowest BCUT2D eigenvalue weighted by Gasteiger charge is -2.42. The number of carbonyl (C=O) groups is 1. The lowest BCUT2D eigenvalue weighted by molar-refractivity contribution is -0.128. The molecule has 42 heavy (non-hydrogen) atoms. The van der Waals surface area contributed by atoms with Gasteiger partial charge in [-0.2, -0.15) is 20.7 Å². The number of fused-ring (bicyclic) bond motifs is 1. The van der Waals surface area contributed by atoms with E-state index in [4.69, 9.17) is 14.3 Å². The van der Waals surface area contributed by atoms with Gasteiger partial charge in [-0.1, -0.05) is 20.8 Å². The summed E-state index contributed by atoms with van der Waals surface area (Å²) >= 11 is 0. The SMILES string of the molecule is COc1cc(-c2cnn(C3CCN(C(=O)C(C#N)=CC(C)(C)O[Si](C)(C)C(C)(C)C)CC3)c2C)cn2ncc(C#N)c12. The Kier molecular flexibility index (Phi) is 8.41. The van der Waals surface area contributed by atoms with Crippen molar-refractivity contribution in [2.24, 2.45) is 0 Å². The van der Waals surface area contributed by atoms with Gasteiger partial charge in [-0.15, -0.1) is 0 Å². The van der Waals surface area contributed by atoms with Crippen LogP contribution in [0, 0.1) is 29.6 Å². The number of carbonyl (C=O) groups excluding carboxylic acids is 1. The Morgan fingerprint density at radius 2 is 1.79 bits per heavy atom. The summed E-state index contributed by atoms with van der Waals surface area (Å²) < 4.78 is 15.8. The molecule has 4 heterocycles. The van der Waals surface area contributed by atoms with Crippen LogP contribution in [0.1, 0.15) is 64.8 Å². The summed E-state index contributed by atoms with van der Waals surface area (Å²) in [6.07, 6.45) is 8.38. The Bertz CT molecular complexity index is 1600. The van der Waals surface area contributed by atoms with Crippen LogP contribution in [0.5, 0.6) is 5.75 Å². The number of ether oxygens (including phenoxy) is 1. The van der Waals surface area contributed by atoms with Crippen LogP contribution in [0.2, 0.25) is 18.1 Å². The van der Waals surface area contributed by atoms with E-state index >= 15 is 0 Å². The number of hydrogen-bond acceptors (Lipinski definition) is 7. The molecule has 1 aliphatic rings. The quantitative estimate of drug-likeness (QED) is 0.194. The van der Waals surface area contributed by atoms with Crippen LogP contribution in [0.4, 0.5) is 0 Å². The molecule has 1 fully saturated rings. The molecule has 0 saturated carbocycles. The standard InChI is InChI=1S/C31H41N7O3Si/c1-21-26(22-14-27(40-7)28-24(17-33)18-34-37(28)20-22)19-35-38(21)25-10-12-36(13-11-25)29(39)23(16-32)15-31(5,6)41-42(8,9)30(2,3)4/h14-15,18-20,25H,10-13H2,1-9H3. The molecule has 11 heteroatoms. The number of aromatic nitrogens is 4. The van der Waals surface area contributed by atoms with E-state index in [1.165, 1.54) is 6.20 Å². The number of methoxy groups -OCH3 is 1. The molecular weight excluding hydrogens is 546 g/mol. The zero-order valence-electron chi connectivity index (χ0n) is 26.1. The largest absolute Gasteiger partial charge is 0.494 e. The van der Waals surface area contributed by atoms with Crippen molar-refractivity contribution in [1.29, 1.82) is 10.5 Å². The van der Waals surface area contributed by atoms with Gasteiger partial charge >= 0.3 is 0 Å². The highest BCUT2D eigenvalue weighted by molar-refractivity contribution is 6.74. The Morgan fingerprint density at radius 1 is 1.12 bits per heavy atom. The van der Waals surface area contributed by atoms with Gasteiger partial charge in [0.15, 0.2) is 8.32 Å². The molecule has 3 aromatic heterocycles. The van der Waals surface area contributed by atoms with E-state index in [1.54, 1.807) is 22.6 Å². The molecule has 0 aliphatic carbocycles. The van der Waals surface area contributed by atoms with Crippen LogP contribution in [0.3, 0.4) is 0 Å². The molecular formula is C31H41N7O3Si. The van der Waals surface area contributed by atoms with E-state index in [0.717, 1.165) is 29.7 Å². The minimum atomic E-state index is -2.10. The van der Waals surface area contributed by atoms with Crippen LogP contribution in [-0.2, 0) is 9.22 Å². The minimum Gasteiger partial charge on any atom is -0.494 e. The number of hydrogen-bond donors (Lipinski definition) is 0. The van der Waals surface area contributed by atoms with Crippen molar-refractivity contribution in [2.75, 3.05) is 20.2 Å². The average Bonchev–Trinajstić information content (AvgIpc) is 3.52. The van der Waals surface area contributed by atoms with Gasteiger partial charge in [-0.3, -0.25) is 9.48 Å². The number of pyridine rings is 1. The van der Waals surface area contributed by atoms with Gasteiger partial charge in [0.2, 0.25) is 0 Å². The van der Waals surface area contributed by atoms with E-state index in [1.807, 2.05) is 43.9 Å². The Balaban J connectivity index is 1.48. The molecule has 0 aromatic carbocycles. The van der Waals surface area contributed by atoms with Gasteiger partial charge in [-0.05, 0) is 63.9 Å². The summed E-state index contributed by atoms with van der Waals surface area (Å²) in [6, 6.07) is 6.31. The van der Waals surface area contributed by atoms with Gasteiger partial charge < -0.3 is 14.1 Å². The van der Waals surface area contributed by atoms with Crippen molar-refractivity contribution in [1.82, 2.24) is 24.3 Å². The molecule has 1 saturated heterocycles. The third-order valence-corrected chi connectivity index (χ3v) is 13.2. The monoisotopic (exact) mass is 587 g/mol. The number of amides is 1. The molecule has 0 N–H and O–H groups in total. The third-order valence-electron chi connectivity index (χ3n) is 8.54. The number of piperidine rings is 1. The maximum absolute atomic E-state index is 13.4. The normalized spacial score (nSPS) is 15.5. The first-order chi connectivity index (χ1) is 19.6. The van der Waals surface area contributed by atoms with Crippen molar-refractivity contribution in [3.05, 3.63) is 47.6 Å². The van der Waals surface area contributed by atoms with Crippen LogP contribution in [-0.4, -0.2) is 64.3 Å². The molecule has 4 rings (SSSR count). The van der Waals surface area contributed by atoms with E-state index in [9.17, 15) is 15.3 Å². The first-order valence-electron chi connectivity index (χ1n) is 14.2. The zero-order chi connectivity index (χ0) is 31.0. The van der Waals surface area contributed by atoms with Gasteiger partial charge in [0.05, 0.1) is 31.1 Å². The Morgan fingerprint density at radius 3 is 2.36 bits per heavy atom. The van der Waals surface area contributed by atoms with Crippen LogP contribution >= 0.6 is 0 Å². The number of nitriles is 2. The van der Waals surface area contributed by atoms with E-state index < -0.39 is 13.9 Å². The van der Waals surface area contributed by atoms with Gasteiger partial charge in [0, 0.05) is 36.1 Å².